The fraction of sp³-hybridized carbons (Fsp3) is 0.375. The minimum atomic E-state index is -5.13. The van der Waals surface area contributed by atoms with Crippen LogP contribution in [0.5, 0.6) is 5.88 Å². The first-order valence-electron chi connectivity index (χ1n) is 3.98. The molecule has 1 heterocycles. The van der Waals surface area contributed by atoms with Gasteiger partial charge < -0.3 is 9.84 Å². The second kappa shape index (κ2) is 4.60. The Hall–Kier alpha value is -1.44. The summed E-state index contributed by atoms with van der Waals surface area (Å²) in [5.41, 5.74) is -0.966. The molecule has 0 aliphatic heterocycles. The van der Waals surface area contributed by atoms with Gasteiger partial charge in [0, 0.05) is 5.56 Å². The van der Waals surface area contributed by atoms with Crippen LogP contribution < -0.4 is 4.74 Å². The van der Waals surface area contributed by atoms with E-state index in [1.165, 1.54) is 0 Å². The average molecular weight is 243 g/mol. The molecule has 1 aromatic heterocycles. The highest BCUT2D eigenvalue weighted by Gasteiger charge is 2.34. The fourth-order valence-electron chi connectivity index (χ4n) is 0.969. The van der Waals surface area contributed by atoms with Crippen molar-refractivity contribution in [3.63, 3.8) is 0 Å². The van der Waals surface area contributed by atoms with Gasteiger partial charge in [0.15, 0.2) is 5.82 Å². The molecule has 3 nitrogen and oxygen atoms in total. The van der Waals surface area contributed by atoms with Gasteiger partial charge in [-0.05, 0) is 6.07 Å². The molecular formula is C8H6F5NO2. The first kappa shape index (κ1) is 12.6. The Labute approximate surface area is 86.5 Å². The molecule has 0 radical (unpaired) electrons. The van der Waals surface area contributed by atoms with Crippen molar-refractivity contribution in [3.8, 4) is 5.88 Å². The molecule has 1 aromatic rings. The van der Waals surface area contributed by atoms with Crippen LogP contribution in [0.25, 0.3) is 0 Å². The Morgan fingerprint density at radius 1 is 1.38 bits per heavy atom. The minimum absolute atomic E-state index is 0.312. The number of aliphatic hydroxyl groups is 1. The summed E-state index contributed by atoms with van der Waals surface area (Å²) < 4.78 is 64.0. The Kier molecular flexibility index (Phi) is 3.63. The van der Waals surface area contributed by atoms with Crippen LogP contribution in [0.4, 0.5) is 22.0 Å². The molecule has 16 heavy (non-hydrogen) atoms. The highest BCUT2D eigenvalue weighted by Crippen LogP contribution is 2.26. The second-order valence-electron chi connectivity index (χ2n) is 2.73. The molecule has 0 fully saturated rings. The van der Waals surface area contributed by atoms with Crippen molar-refractivity contribution < 1.29 is 31.8 Å². The van der Waals surface area contributed by atoms with Crippen molar-refractivity contribution in [1.82, 2.24) is 4.98 Å². The van der Waals surface area contributed by atoms with Gasteiger partial charge in [0.05, 0.1) is 12.3 Å². The quantitative estimate of drug-likeness (QED) is 0.826. The summed E-state index contributed by atoms with van der Waals surface area (Å²) in [4.78, 5) is 3.05. The molecule has 0 unspecified atom stereocenters. The van der Waals surface area contributed by atoms with Gasteiger partial charge in [-0.15, -0.1) is 13.2 Å². The van der Waals surface area contributed by atoms with Crippen molar-refractivity contribution in [2.75, 3.05) is 0 Å². The van der Waals surface area contributed by atoms with E-state index < -0.39 is 36.9 Å². The summed E-state index contributed by atoms with van der Waals surface area (Å²) in [7, 11) is 0. The molecule has 0 aliphatic carbocycles. The monoisotopic (exact) mass is 243 g/mol. The van der Waals surface area contributed by atoms with E-state index in [2.05, 4.69) is 9.72 Å². The van der Waals surface area contributed by atoms with Crippen LogP contribution in [0.3, 0.4) is 0 Å². The van der Waals surface area contributed by atoms with Crippen molar-refractivity contribution in [3.05, 3.63) is 23.1 Å². The fourth-order valence-corrected chi connectivity index (χ4v) is 0.969. The lowest BCUT2D eigenvalue weighted by Crippen LogP contribution is -2.19. The van der Waals surface area contributed by atoms with Gasteiger partial charge in [0.25, 0.3) is 5.88 Å². The zero-order valence-corrected chi connectivity index (χ0v) is 7.68. The maximum atomic E-state index is 13.1. The first-order chi connectivity index (χ1) is 7.37. The molecule has 0 spiro atoms. The molecule has 8 heteroatoms. The highest BCUT2D eigenvalue weighted by molar-refractivity contribution is 5.27. The number of aromatic nitrogens is 1. The molecule has 90 valence electrons. The van der Waals surface area contributed by atoms with E-state index >= 15 is 0 Å². The summed E-state index contributed by atoms with van der Waals surface area (Å²) >= 11 is 0. The van der Waals surface area contributed by atoms with Gasteiger partial charge in [0.1, 0.15) is 6.67 Å². The maximum Gasteiger partial charge on any atom is 0.574 e. The predicted octanol–water partition coefficient (Wildman–Crippen LogP) is 2.08. The number of rotatable bonds is 3. The van der Waals surface area contributed by atoms with E-state index in [-0.39, 0.29) is 5.69 Å². The molecule has 1 N–H and O–H groups in total. The third kappa shape index (κ3) is 3.02. The van der Waals surface area contributed by atoms with Gasteiger partial charge in [-0.3, -0.25) is 0 Å². The van der Waals surface area contributed by atoms with Gasteiger partial charge in [-0.25, -0.2) is 13.8 Å². The summed E-state index contributed by atoms with van der Waals surface area (Å²) in [5, 5.41) is 8.63. The number of pyridine rings is 1. The lowest BCUT2D eigenvalue weighted by molar-refractivity contribution is -0.277. The van der Waals surface area contributed by atoms with Crippen molar-refractivity contribution in [1.29, 1.82) is 0 Å². The van der Waals surface area contributed by atoms with Crippen molar-refractivity contribution >= 4 is 0 Å². The number of nitrogens with zero attached hydrogens (tertiary/aromatic N) is 1. The molecular weight excluding hydrogens is 237 g/mol. The highest BCUT2D eigenvalue weighted by atomic mass is 19.4. The Morgan fingerprint density at radius 3 is 2.44 bits per heavy atom. The Morgan fingerprint density at radius 2 is 2.00 bits per heavy atom. The van der Waals surface area contributed by atoms with Crippen LogP contribution in [0.15, 0.2) is 6.07 Å². The number of hydrogen-bond donors (Lipinski definition) is 1. The summed E-state index contributed by atoms with van der Waals surface area (Å²) in [6, 6.07) is 0.818. The lowest BCUT2D eigenvalue weighted by Gasteiger charge is -2.11. The number of aliphatic hydroxyl groups excluding tert-OH is 1. The van der Waals surface area contributed by atoms with Gasteiger partial charge >= 0.3 is 6.36 Å². The van der Waals surface area contributed by atoms with Gasteiger partial charge in [-0.1, -0.05) is 0 Å². The third-order valence-corrected chi connectivity index (χ3v) is 1.57. The Bertz CT molecular complexity index is 379. The summed E-state index contributed by atoms with van der Waals surface area (Å²) in [6.45, 7) is -2.07. The standard InChI is InChI=1S/C8H6F5NO2/c9-2-4-1-5(3-15)14-7(6(4)10)16-8(11,12)13/h1,15H,2-3H2. The molecule has 0 atom stereocenters. The van der Waals surface area contributed by atoms with Crippen LogP contribution in [0.2, 0.25) is 0 Å². The molecule has 0 aromatic carbocycles. The average Bonchev–Trinajstić information content (AvgIpc) is 2.19. The van der Waals surface area contributed by atoms with Crippen LogP contribution in [-0.4, -0.2) is 16.5 Å². The SMILES string of the molecule is OCc1cc(CF)c(F)c(OC(F)(F)F)n1. The molecule has 1 rings (SSSR count). The summed E-state index contributed by atoms with van der Waals surface area (Å²) in [5.74, 6) is -2.93. The second-order valence-corrected chi connectivity index (χ2v) is 2.73. The van der Waals surface area contributed by atoms with Crippen LogP contribution in [-0.2, 0) is 13.3 Å². The third-order valence-electron chi connectivity index (χ3n) is 1.57. The van der Waals surface area contributed by atoms with Crippen LogP contribution >= 0.6 is 0 Å². The van der Waals surface area contributed by atoms with E-state index in [1.54, 1.807) is 0 Å². The molecule has 0 saturated carbocycles. The minimum Gasteiger partial charge on any atom is -0.390 e. The lowest BCUT2D eigenvalue weighted by atomic mass is 10.2. The zero-order valence-electron chi connectivity index (χ0n) is 7.68. The van der Waals surface area contributed by atoms with Crippen molar-refractivity contribution in [2.24, 2.45) is 0 Å². The van der Waals surface area contributed by atoms with E-state index in [1.807, 2.05) is 0 Å². The van der Waals surface area contributed by atoms with Gasteiger partial charge in [-0.2, -0.15) is 0 Å². The van der Waals surface area contributed by atoms with Crippen LogP contribution in [0.1, 0.15) is 11.3 Å². The first-order valence-corrected chi connectivity index (χ1v) is 3.98. The van der Waals surface area contributed by atoms with E-state index in [9.17, 15) is 22.0 Å². The van der Waals surface area contributed by atoms with Crippen molar-refractivity contribution in [2.45, 2.75) is 19.6 Å². The summed E-state index contributed by atoms with van der Waals surface area (Å²) in [6.07, 6.45) is -5.13. The maximum absolute atomic E-state index is 13.1. The van der Waals surface area contributed by atoms with E-state index in [4.69, 9.17) is 5.11 Å². The number of hydrogen-bond acceptors (Lipinski definition) is 3. The topological polar surface area (TPSA) is 42.4 Å². The zero-order chi connectivity index (χ0) is 12.3. The number of halogens is 5. The molecule has 0 bridgehead atoms. The Balaban J connectivity index is 3.16. The van der Waals surface area contributed by atoms with E-state index in [0.717, 1.165) is 6.07 Å². The van der Waals surface area contributed by atoms with Crippen LogP contribution in [0, 0.1) is 5.82 Å². The largest absolute Gasteiger partial charge is 0.574 e. The molecule has 0 amide bonds. The van der Waals surface area contributed by atoms with Gasteiger partial charge in [0.2, 0.25) is 0 Å². The normalized spacial score (nSPS) is 11.6. The molecule has 0 aliphatic rings. The smallest absolute Gasteiger partial charge is 0.390 e. The predicted molar refractivity (Wildman–Crippen MR) is 41.6 cm³/mol. The van der Waals surface area contributed by atoms with E-state index in [0.29, 0.717) is 0 Å². The number of ether oxygens (including phenoxy) is 1. The molecule has 0 saturated heterocycles. The number of alkyl halides is 4.